The van der Waals surface area contributed by atoms with E-state index in [1.54, 1.807) is 4.90 Å². The monoisotopic (exact) mass is 346 g/mol. The summed E-state index contributed by atoms with van der Waals surface area (Å²) < 4.78 is 5.28. The third-order valence-corrected chi connectivity index (χ3v) is 4.65. The van der Waals surface area contributed by atoms with E-state index in [9.17, 15) is 9.59 Å². The molecule has 1 N–H and O–H groups in total. The van der Waals surface area contributed by atoms with Crippen molar-refractivity contribution in [2.75, 3.05) is 59.0 Å². The quantitative estimate of drug-likeness (QED) is 0.888. The van der Waals surface area contributed by atoms with Crippen LogP contribution in [0.2, 0.25) is 0 Å². The van der Waals surface area contributed by atoms with Gasteiger partial charge >= 0.3 is 12.1 Å². The predicted octanol–water partition coefficient (Wildman–Crippen LogP) is 1.01. The normalized spacial score (nSPS) is 18.2. The van der Waals surface area contributed by atoms with E-state index in [0.717, 1.165) is 6.42 Å². The molecule has 0 aliphatic carbocycles. The molecule has 2 saturated heterocycles. The van der Waals surface area contributed by atoms with E-state index >= 15 is 0 Å². The summed E-state index contributed by atoms with van der Waals surface area (Å²) in [7, 11) is 0. The minimum absolute atomic E-state index is 0.0468. The fraction of sp³-hybridized carbons (Fsp3) is 0.556. The zero-order valence-corrected chi connectivity index (χ0v) is 14.5. The summed E-state index contributed by atoms with van der Waals surface area (Å²) in [4.78, 5) is 30.1. The summed E-state index contributed by atoms with van der Waals surface area (Å²) in [5.41, 5.74) is 1.21. The molecule has 0 spiro atoms. The van der Waals surface area contributed by atoms with Crippen LogP contribution in [0.25, 0.3) is 0 Å². The molecular weight excluding hydrogens is 320 g/mol. The summed E-state index contributed by atoms with van der Waals surface area (Å²) >= 11 is 0. The van der Waals surface area contributed by atoms with Crippen molar-refractivity contribution in [2.45, 2.75) is 6.42 Å². The van der Waals surface area contributed by atoms with Crippen LogP contribution >= 0.6 is 0 Å². The number of carbonyl (C=O) groups is 2. The molecule has 0 atom stereocenters. The number of hydrogen-bond acceptors (Lipinski definition) is 3. The molecule has 1 aromatic carbocycles. The third-order valence-electron chi connectivity index (χ3n) is 4.65. The van der Waals surface area contributed by atoms with Gasteiger partial charge in [-0.05, 0) is 12.0 Å². The van der Waals surface area contributed by atoms with Crippen molar-refractivity contribution in [1.82, 2.24) is 20.0 Å². The van der Waals surface area contributed by atoms with Crippen LogP contribution in [0.4, 0.5) is 9.59 Å². The van der Waals surface area contributed by atoms with Gasteiger partial charge in [-0.15, -0.1) is 0 Å². The van der Waals surface area contributed by atoms with E-state index in [0.29, 0.717) is 59.0 Å². The molecule has 0 unspecified atom stereocenters. The van der Waals surface area contributed by atoms with Gasteiger partial charge < -0.3 is 24.8 Å². The van der Waals surface area contributed by atoms with Crippen molar-refractivity contribution in [3.05, 3.63) is 35.9 Å². The standard InChI is InChI=1S/C18H26N4O3/c23-17(19-7-6-16-4-2-1-3-5-16)20-8-10-21(11-9-20)18(24)22-12-14-25-15-13-22/h1-5H,6-15H2,(H,19,23). The summed E-state index contributed by atoms with van der Waals surface area (Å²) in [5, 5.41) is 2.96. The highest BCUT2D eigenvalue weighted by molar-refractivity contribution is 5.76. The molecule has 3 rings (SSSR count). The van der Waals surface area contributed by atoms with E-state index < -0.39 is 0 Å². The molecule has 136 valence electrons. The Bertz CT molecular complexity index is 567. The second kappa shape index (κ2) is 8.71. The maximum Gasteiger partial charge on any atom is 0.320 e. The van der Waals surface area contributed by atoms with Crippen LogP contribution < -0.4 is 5.32 Å². The number of urea groups is 2. The average Bonchev–Trinajstić information content (AvgIpc) is 2.69. The summed E-state index contributed by atoms with van der Waals surface area (Å²) in [5.74, 6) is 0. The Hall–Kier alpha value is -2.28. The van der Waals surface area contributed by atoms with Gasteiger partial charge in [0.1, 0.15) is 0 Å². The van der Waals surface area contributed by atoms with Crippen LogP contribution in [0.1, 0.15) is 5.56 Å². The van der Waals surface area contributed by atoms with Gasteiger partial charge in [0.25, 0.3) is 0 Å². The number of nitrogens with one attached hydrogen (secondary N) is 1. The molecule has 0 bridgehead atoms. The zero-order valence-electron chi connectivity index (χ0n) is 14.5. The van der Waals surface area contributed by atoms with Gasteiger partial charge in [0.2, 0.25) is 0 Å². The number of hydrogen-bond donors (Lipinski definition) is 1. The maximum absolute atomic E-state index is 12.4. The molecule has 2 fully saturated rings. The number of benzene rings is 1. The Labute approximate surface area is 148 Å². The highest BCUT2D eigenvalue weighted by Gasteiger charge is 2.27. The van der Waals surface area contributed by atoms with Gasteiger partial charge in [0.15, 0.2) is 0 Å². The number of morpholine rings is 1. The number of amides is 4. The van der Waals surface area contributed by atoms with Crippen LogP contribution in [-0.4, -0.2) is 85.8 Å². The van der Waals surface area contributed by atoms with E-state index in [1.807, 2.05) is 28.0 Å². The summed E-state index contributed by atoms with van der Waals surface area (Å²) in [6.07, 6.45) is 0.821. The van der Waals surface area contributed by atoms with Gasteiger partial charge in [-0.1, -0.05) is 30.3 Å². The second-order valence-electron chi connectivity index (χ2n) is 6.32. The lowest BCUT2D eigenvalue weighted by Gasteiger charge is -2.38. The van der Waals surface area contributed by atoms with E-state index in [2.05, 4.69) is 17.4 Å². The molecule has 2 heterocycles. The van der Waals surface area contributed by atoms with Crippen LogP contribution in [0.3, 0.4) is 0 Å². The number of piperazine rings is 1. The van der Waals surface area contributed by atoms with Gasteiger partial charge in [-0.3, -0.25) is 0 Å². The average molecular weight is 346 g/mol. The Morgan fingerprint density at radius 2 is 1.48 bits per heavy atom. The molecule has 7 nitrogen and oxygen atoms in total. The largest absolute Gasteiger partial charge is 0.378 e. The third kappa shape index (κ3) is 4.85. The van der Waals surface area contributed by atoms with Gasteiger partial charge in [-0.25, -0.2) is 9.59 Å². The second-order valence-corrected chi connectivity index (χ2v) is 6.32. The van der Waals surface area contributed by atoms with Crippen molar-refractivity contribution in [3.63, 3.8) is 0 Å². The van der Waals surface area contributed by atoms with Crippen molar-refractivity contribution in [3.8, 4) is 0 Å². The number of carbonyl (C=O) groups excluding carboxylic acids is 2. The number of ether oxygens (including phenoxy) is 1. The summed E-state index contributed by atoms with van der Waals surface area (Å²) in [6.45, 7) is 5.46. The molecule has 25 heavy (non-hydrogen) atoms. The first-order valence-electron chi connectivity index (χ1n) is 8.92. The lowest BCUT2D eigenvalue weighted by atomic mass is 10.1. The van der Waals surface area contributed by atoms with Crippen LogP contribution in [-0.2, 0) is 11.2 Å². The first-order chi connectivity index (χ1) is 12.2. The molecular formula is C18H26N4O3. The minimum Gasteiger partial charge on any atom is -0.378 e. The molecule has 2 aliphatic rings. The Morgan fingerprint density at radius 3 is 2.16 bits per heavy atom. The molecule has 0 radical (unpaired) electrons. The summed E-state index contributed by atoms with van der Waals surface area (Å²) in [6, 6.07) is 10.1. The Morgan fingerprint density at radius 1 is 0.880 bits per heavy atom. The van der Waals surface area contributed by atoms with E-state index in [-0.39, 0.29) is 12.1 Å². The predicted molar refractivity (Wildman–Crippen MR) is 94.5 cm³/mol. The first kappa shape index (κ1) is 17.5. The van der Waals surface area contributed by atoms with Crippen molar-refractivity contribution in [1.29, 1.82) is 0 Å². The van der Waals surface area contributed by atoms with Gasteiger partial charge in [0.05, 0.1) is 13.2 Å². The number of nitrogens with zero attached hydrogens (tertiary/aromatic N) is 3. The molecule has 0 saturated carbocycles. The zero-order chi connectivity index (χ0) is 17.5. The number of rotatable bonds is 3. The fourth-order valence-electron chi connectivity index (χ4n) is 3.13. The SMILES string of the molecule is O=C(NCCc1ccccc1)N1CCN(C(=O)N2CCOCC2)CC1. The highest BCUT2D eigenvalue weighted by Crippen LogP contribution is 2.08. The molecule has 7 heteroatoms. The van der Waals surface area contributed by atoms with Crippen molar-refractivity contribution >= 4 is 12.1 Å². The first-order valence-corrected chi connectivity index (χ1v) is 8.92. The molecule has 0 aromatic heterocycles. The van der Waals surface area contributed by atoms with Crippen molar-refractivity contribution < 1.29 is 14.3 Å². The topological polar surface area (TPSA) is 65.1 Å². The van der Waals surface area contributed by atoms with Gasteiger partial charge in [-0.2, -0.15) is 0 Å². The van der Waals surface area contributed by atoms with Crippen LogP contribution in [0.5, 0.6) is 0 Å². The Balaban J connectivity index is 1.37. The van der Waals surface area contributed by atoms with E-state index in [4.69, 9.17) is 4.74 Å². The molecule has 1 aromatic rings. The maximum atomic E-state index is 12.4. The highest BCUT2D eigenvalue weighted by atomic mass is 16.5. The smallest absolute Gasteiger partial charge is 0.320 e. The van der Waals surface area contributed by atoms with Crippen molar-refractivity contribution in [2.24, 2.45) is 0 Å². The van der Waals surface area contributed by atoms with Crippen LogP contribution in [0, 0.1) is 0 Å². The lowest BCUT2D eigenvalue weighted by molar-refractivity contribution is 0.0392. The lowest BCUT2D eigenvalue weighted by Crippen LogP contribution is -2.57. The fourth-order valence-corrected chi connectivity index (χ4v) is 3.13. The minimum atomic E-state index is -0.0468. The Kier molecular flexibility index (Phi) is 6.11. The molecule has 4 amide bonds. The van der Waals surface area contributed by atoms with E-state index in [1.165, 1.54) is 5.56 Å². The molecule has 2 aliphatic heterocycles. The van der Waals surface area contributed by atoms with Gasteiger partial charge in [0, 0.05) is 45.8 Å². The van der Waals surface area contributed by atoms with Crippen LogP contribution in [0.15, 0.2) is 30.3 Å².